The molecule has 63 heavy (non-hydrogen) atoms. The Bertz CT molecular complexity index is 2840. The molecule has 0 bridgehead atoms. The fraction of sp³-hybridized carbons (Fsp3) is 0.0444. The minimum Gasteiger partial charge on any atom is -0.480 e. The number of sulfonamides is 1. The van der Waals surface area contributed by atoms with Gasteiger partial charge in [-0.05, 0) is 65.7 Å². The van der Waals surface area contributed by atoms with E-state index in [4.69, 9.17) is 0 Å². The van der Waals surface area contributed by atoms with Crippen LogP contribution in [0.5, 0.6) is 0 Å². The molecule has 2 unspecified atom stereocenters. The third-order valence-electron chi connectivity index (χ3n) is 8.83. The first-order chi connectivity index (χ1) is 30.2. The van der Waals surface area contributed by atoms with E-state index >= 15 is 0 Å². The van der Waals surface area contributed by atoms with Gasteiger partial charge in [0.15, 0.2) is 0 Å². The van der Waals surface area contributed by atoms with Gasteiger partial charge in [-0.3, -0.25) is 19.1 Å². The van der Waals surface area contributed by atoms with Gasteiger partial charge in [0.25, 0.3) is 15.9 Å². The second-order valence-electron chi connectivity index (χ2n) is 13.1. The molecule has 0 radical (unpaired) electrons. The van der Waals surface area contributed by atoms with Crippen LogP contribution in [0.4, 0.5) is 11.4 Å². The van der Waals surface area contributed by atoms with Gasteiger partial charge in [0.05, 0.1) is 38.4 Å². The monoisotopic (exact) mass is 902 g/mol. The molecule has 7 rings (SSSR count). The largest absolute Gasteiger partial charge is 0.480 e. The number of amides is 1. The predicted molar refractivity (Wildman–Crippen MR) is 237 cm³/mol. The SMILES string of the molecule is O=C(Nc1ccccc1C(=O)O)c1cccc(S(=O)(=O)Nc2ccccc2C(=O)O)c1.O=C(O)C(Sc1nc2ccccc2nc1SC(C(=O)O)c1ccccc1)c1ccccc1. The van der Waals surface area contributed by atoms with Crippen molar-refractivity contribution in [1.29, 1.82) is 0 Å². The molecule has 18 heteroatoms. The molecule has 0 saturated carbocycles. The normalized spacial score (nSPS) is 11.9. The standard InChI is InChI=1S/C24H18N2O4S2.C21H16N2O7S/c27-23(28)19(15-9-3-1-4-10-15)31-21-22(26-18-14-8-7-13-17(18)25-21)32-20(24(29)30)16-11-5-2-6-12-16;24-19(22-17-10-3-1-8-15(17)20(25)26)13-6-5-7-14(12-13)31(29,30)23-18-11-4-2-9-16(18)21(27)28/h1-14,19-20H,(H,27,28)(H,29,30);1-12,23H,(H,22,24)(H,25,26)(H,27,28). The lowest BCUT2D eigenvalue weighted by Gasteiger charge is -2.17. The van der Waals surface area contributed by atoms with Crippen LogP contribution in [0.25, 0.3) is 11.0 Å². The molecular weight excluding hydrogens is 869 g/mol. The molecule has 0 saturated heterocycles. The summed E-state index contributed by atoms with van der Waals surface area (Å²) in [5.74, 6) is -5.26. The van der Waals surface area contributed by atoms with Crippen LogP contribution in [-0.2, 0) is 19.6 Å². The highest BCUT2D eigenvalue weighted by Crippen LogP contribution is 2.43. The van der Waals surface area contributed by atoms with Gasteiger partial charge >= 0.3 is 23.9 Å². The maximum absolute atomic E-state index is 12.7. The fourth-order valence-electron chi connectivity index (χ4n) is 5.86. The van der Waals surface area contributed by atoms with Gasteiger partial charge in [0, 0.05) is 5.56 Å². The summed E-state index contributed by atoms with van der Waals surface area (Å²) in [4.78, 5) is 68.3. The van der Waals surface area contributed by atoms with E-state index in [1.54, 1.807) is 66.7 Å². The Balaban J connectivity index is 0.000000210. The number of fused-ring (bicyclic) bond motifs is 1. The van der Waals surface area contributed by atoms with E-state index in [1.807, 2.05) is 24.3 Å². The fourth-order valence-corrected chi connectivity index (χ4v) is 9.11. The Morgan fingerprint density at radius 3 is 1.41 bits per heavy atom. The molecule has 0 spiro atoms. The zero-order chi connectivity index (χ0) is 45.1. The Hall–Kier alpha value is -7.54. The Labute approximate surface area is 367 Å². The van der Waals surface area contributed by atoms with Gasteiger partial charge in [-0.1, -0.05) is 127 Å². The summed E-state index contributed by atoms with van der Waals surface area (Å²) in [6.45, 7) is 0. The van der Waals surface area contributed by atoms with E-state index in [9.17, 15) is 52.8 Å². The van der Waals surface area contributed by atoms with Crippen molar-refractivity contribution in [2.45, 2.75) is 25.4 Å². The van der Waals surface area contributed by atoms with Crippen molar-refractivity contribution >= 4 is 85.7 Å². The summed E-state index contributed by atoms with van der Waals surface area (Å²) in [5.41, 5.74) is 2.02. The molecule has 1 amide bonds. The minimum absolute atomic E-state index is 0.0328. The molecule has 0 fully saturated rings. The molecule has 0 aliphatic rings. The van der Waals surface area contributed by atoms with Crippen molar-refractivity contribution in [3.8, 4) is 0 Å². The second kappa shape index (κ2) is 20.3. The molecule has 6 N–H and O–H groups in total. The third kappa shape index (κ3) is 11.4. The van der Waals surface area contributed by atoms with Gasteiger partial charge in [-0.2, -0.15) is 0 Å². The molecule has 1 heterocycles. The quantitative estimate of drug-likeness (QED) is 0.0527. The number of nitrogens with zero attached hydrogens (tertiary/aromatic N) is 2. The topological polar surface area (TPSA) is 250 Å². The van der Waals surface area contributed by atoms with Crippen LogP contribution in [0, 0.1) is 0 Å². The molecule has 318 valence electrons. The summed E-state index contributed by atoms with van der Waals surface area (Å²) in [6, 6.07) is 41.3. The van der Waals surface area contributed by atoms with Crippen molar-refractivity contribution < 1.29 is 52.8 Å². The van der Waals surface area contributed by atoms with Crippen molar-refractivity contribution in [1.82, 2.24) is 9.97 Å². The van der Waals surface area contributed by atoms with Crippen LogP contribution in [0.2, 0.25) is 0 Å². The van der Waals surface area contributed by atoms with Crippen LogP contribution in [0.15, 0.2) is 173 Å². The number of carbonyl (C=O) groups is 5. The summed E-state index contributed by atoms with van der Waals surface area (Å²) in [5, 5.41) is 39.6. The smallest absolute Gasteiger partial charge is 0.337 e. The lowest BCUT2D eigenvalue weighted by Crippen LogP contribution is -2.18. The number of carbonyl (C=O) groups excluding carboxylic acids is 1. The Morgan fingerprint density at radius 2 is 0.937 bits per heavy atom. The van der Waals surface area contributed by atoms with Crippen LogP contribution < -0.4 is 10.0 Å². The number of nitrogens with one attached hydrogen (secondary N) is 2. The third-order valence-corrected chi connectivity index (χ3v) is 12.8. The lowest BCUT2D eigenvalue weighted by molar-refractivity contribution is -0.137. The Kier molecular flexibility index (Phi) is 14.5. The molecule has 7 aromatic rings. The number of benzene rings is 6. The van der Waals surface area contributed by atoms with Crippen molar-refractivity contribution in [2.24, 2.45) is 0 Å². The van der Waals surface area contributed by atoms with Crippen molar-refractivity contribution in [3.05, 3.63) is 186 Å². The van der Waals surface area contributed by atoms with E-state index in [2.05, 4.69) is 20.0 Å². The number of anilines is 2. The average Bonchev–Trinajstić information content (AvgIpc) is 3.28. The number of carboxylic acids is 4. The number of thioether (sulfide) groups is 2. The number of para-hydroxylation sites is 4. The number of hydrogen-bond acceptors (Lipinski definition) is 11. The predicted octanol–water partition coefficient (Wildman–Crippen LogP) is 8.60. The summed E-state index contributed by atoms with van der Waals surface area (Å²) in [7, 11) is -4.21. The maximum Gasteiger partial charge on any atom is 0.337 e. The van der Waals surface area contributed by atoms with E-state index in [0.717, 1.165) is 29.6 Å². The second-order valence-corrected chi connectivity index (χ2v) is 17.0. The maximum atomic E-state index is 12.7. The number of aromatic nitrogens is 2. The molecule has 0 aliphatic carbocycles. The number of carboxylic acid groups (broad SMARTS) is 4. The number of rotatable bonds is 15. The highest BCUT2D eigenvalue weighted by Gasteiger charge is 2.28. The molecule has 1 aromatic heterocycles. The summed E-state index contributed by atoms with van der Waals surface area (Å²) in [6.07, 6.45) is 0. The molecule has 0 aliphatic heterocycles. The highest BCUT2D eigenvalue weighted by molar-refractivity contribution is 8.03. The number of aromatic carboxylic acids is 2. The summed E-state index contributed by atoms with van der Waals surface area (Å²) >= 11 is 2.11. The van der Waals surface area contributed by atoms with E-state index in [0.29, 0.717) is 32.2 Å². The zero-order valence-corrected chi connectivity index (χ0v) is 34.9. The van der Waals surface area contributed by atoms with Crippen LogP contribution in [-0.4, -0.2) is 68.6 Å². The molecule has 15 nitrogen and oxygen atoms in total. The number of aliphatic carboxylic acids is 2. The minimum atomic E-state index is -4.21. The van der Waals surface area contributed by atoms with Gasteiger partial charge in [-0.25, -0.2) is 28.0 Å². The van der Waals surface area contributed by atoms with Crippen molar-refractivity contribution in [2.75, 3.05) is 10.0 Å². The first kappa shape index (κ1) is 45.0. The van der Waals surface area contributed by atoms with E-state index in [-0.39, 0.29) is 33.0 Å². The van der Waals surface area contributed by atoms with Gasteiger partial charge in [0.2, 0.25) is 0 Å². The first-order valence-corrected chi connectivity index (χ1v) is 21.7. The van der Waals surface area contributed by atoms with Crippen LogP contribution in [0.1, 0.15) is 52.7 Å². The van der Waals surface area contributed by atoms with Crippen LogP contribution >= 0.6 is 23.5 Å². The summed E-state index contributed by atoms with van der Waals surface area (Å²) < 4.78 is 27.7. The molecule has 6 aromatic carbocycles. The van der Waals surface area contributed by atoms with E-state index < -0.39 is 50.3 Å². The highest BCUT2D eigenvalue weighted by atomic mass is 32.2. The van der Waals surface area contributed by atoms with Gasteiger partial charge < -0.3 is 25.7 Å². The van der Waals surface area contributed by atoms with E-state index in [1.165, 1.54) is 60.7 Å². The molecular formula is C45H34N4O11S3. The van der Waals surface area contributed by atoms with Gasteiger partial charge in [-0.15, -0.1) is 0 Å². The number of hydrogen-bond donors (Lipinski definition) is 6. The van der Waals surface area contributed by atoms with Crippen molar-refractivity contribution in [3.63, 3.8) is 0 Å². The first-order valence-electron chi connectivity index (χ1n) is 18.5. The zero-order valence-electron chi connectivity index (χ0n) is 32.4. The van der Waals surface area contributed by atoms with Crippen LogP contribution in [0.3, 0.4) is 0 Å². The Morgan fingerprint density at radius 1 is 0.508 bits per heavy atom. The lowest BCUT2D eigenvalue weighted by atomic mass is 10.1. The average molecular weight is 903 g/mol. The molecule has 2 atom stereocenters. The van der Waals surface area contributed by atoms with Gasteiger partial charge in [0.1, 0.15) is 20.6 Å².